The van der Waals surface area contributed by atoms with Crippen molar-refractivity contribution in [2.45, 2.75) is 110 Å². The van der Waals surface area contributed by atoms with E-state index in [2.05, 4.69) is 54.3 Å². The first-order valence-corrected chi connectivity index (χ1v) is 14.8. The summed E-state index contributed by atoms with van der Waals surface area (Å²) in [5, 5.41) is 22.2. The molecule has 3 fully saturated rings. The Hall–Kier alpha value is -0.163. The van der Waals surface area contributed by atoms with Crippen LogP contribution in [0.3, 0.4) is 0 Å². The zero-order valence-corrected chi connectivity index (χ0v) is 21.1. The predicted octanol–water partition coefficient (Wildman–Crippen LogP) is 5.92. The zero-order valence-electron chi connectivity index (χ0n) is 20.1. The third kappa shape index (κ3) is 4.04. The monoisotopic (exact) mass is 422 g/mol. The highest BCUT2D eigenvalue weighted by molar-refractivity contribution is 6.74. The van der Waals surface area contributed by atoms with Gasteiger partial charge in [0, 0.05) is 6.61 Å². The van der Waals surface area contributed by atoms with E-state index in [1.54, 1.807) is 0 Å². The highest BCUT2D eigenvalue weighted by Crippen LogP contribution is 2.61. The molecule has 0 aromatic carbocycles. The summed E-state index contributed by atoms with van der Waals surface area (Å²) >= 11 is 0. The van der Waals surface area contributed by atoms with Crippen LogP contribution in [0.25, 0.3) is 0 Å². The molecule has 3 aliphatic carbocycles. The molecule has 0 bridgehead atoms. The van der Waals surface area contributed by atoms with Gasteiger partial charge in [0.25, 0.3) is 0 Å². The predicted molar refractivity (Wildman–Crippen MR) is 123 cm³/mol. The Kier molecular flexibility index (Phi) is 6.29. The molecule has 168 valence electrons. The Bertz CT molecular complexity index is 624. The standard InChI is InChI=1S/C25H46O3Si/c1-17-9-10-20-22(27)21(12-14-24(17,20)5)25(6)13-11-19(26)15-18(25)16-28-29(7,8)23(2,3)4/h18-22,26-27H,1,9-16H2,2-8H3/t18-,19+,20+,21+,22+,24-,25+/m1/s1. The lowest BCUT2D eigenvalue weighted by Gasteiger charge is -2.55. The molecule has 0 aromatic heterocycles. The molecule has 0 saturated heterocycles. The van der Waals surface area contributed by atoms with E-state index >= 15 is 0 Å². The van der Waals surface area contributed by atoms with Crippen LogP contribution in [0.4, 0.5) is 0 Å². The second kappa shape index (κ2) is 7.76. The van der Waals surface area contributed by atoms with Gasteiger partial charge in [0.15, 0.2) is 8.32 Å². The molecule has 3 rings (SSSR count). The summed E-state index contributed by atoms with van der Waals surface area (Å²) < 4.78 is 6.66. The molecule has 4 heteroatoms. The van der Waals surface area contributed by atoms with E-state index < -0.39 is 8.32 Å². The quantitative estimate of drug-likeness (QED) is 0.437. The first-order valence-electron chi connectivity index (χ1n) is 11.9. The number of aliphatic hydroxyl groups excluding tert-OH is 2. The maximum Gasteiger partial charge on any atom is 0.191 e. The van der Waals surface area contributed by atoms with Crippen molar-refractivity contribution in [2.75, 3.05) is 6.61 Å². The fraction of sp³-hybridized carbons (Fsp3) is 0.920. The normalized spacial score (nSPS) is 44.0. The minimum absolute atomic E-state index is 0.0340. The number of fused-ring (bicyclic) bond motifs is 1. The van der Waals surface area contributed by atoms with E-state index in [0.29, 0.717) is 17.8 Å². The van der Waals surface area contributed by atoms with Crippen LogP contribution >= 0.6 is 0 Å². The molecule has 2 N–H and O–H groups in total. The lowest BCUT2D eigenvalue weighted by molar-refractivity contribution is -0.125. The maximum absolute atomic E-state index is 11.5. The van der Waals surface area contributed by atoms with Crippen LogP contribution in [0.15, 0.2) is 12.2 Å². The molecule has 0 radical (unpaired) electrons. The Morgan fingerprint density at radius 2 is 1.72 bits per heavy atom. The van der Waals surface area contributed by atoms with Crippen molar-refractivity contribution in [1.29, 1.82) is 0 Å². The highest BCUT2D eigenvalue weighted by Gasteiger charge is 2.56. The average molecular weight is 423 g/mol. The van der Waals surface area contributed by atoms with Gasteiger partial charge in [-0.3, -0.25) is 0 Å². The summed E-state index contributed by atoms with van der Waals surface area (Å²) in [4.78, 5) is 0. The van der Waals surface area contributed by atoms with Crippen LogP contribution in [-0.2, 0) is 4.43 Å². The molecule has 0 aromatic rings. The van der Waals surface area contributed by atoms with E-state index in [0.717, 1.165) is 51.6 Å². The fourth-order valence-corrected chi connectivity index (χ4v) is 7.45. The summed E-state index contributed by atoms with van der Waals surface area (Å²) in [6, 6.07) is 0. The fourth-order valence-electron chi connectivity index (χ4n) is 6.40. The molecular formula is C25H46O3Si. The Morgan fingerprint density at radius 1 is 1.07 bits per heavy atom. The molecule has 0 amide bonds. The average Bonchev–Trinajstić information content (AvgIpc) is 2.91. The second-order valence-electron chi connectivity index (χ2n) is 12.5. The van der Waals surface area contributed by atoms with E-state index in [1.165, 1.54) is 5.57 Å². The largest absolute Gasteiger partial charge is 0.417 e. The van der Waals surface area contributed by atoms with Crippen molar-refractivity contribution in [3.05, 3.63) is 12.2 Å². The topological polar surface area (TPSA) is 49.7 Å². The van der Waals surface area contributed by atoms with Gasteiger partial charge in [-0.25, -0.2) is 0 Å². The number of aliphatic hydroxyl groups is 2. The van der Waals surface area contributed by atoms with Gasteiger partial charge in [-0.2, -0.15) is 0 Å². The number of allylic oxidation sites excluding steroid dienone is 1. The molecule has 3 saturated carbocycles. The SMILES string of the molecule is C=C1CC[C@H]2[C@H](O)[C@@H]([C@@]3(C)CC[C@H](O)C[C@@H]3CO[Si](C)(C)C(C)(C)C)CC[C@]12C. The van der Waals surface area contributed by atoms with Gasteiger partial charge in [-0.15, -0.1) is 0 Å². The Balaban J connectivity index is 1.81. The third-order valence-electron chi connectivity index (χ3n) is 9.99. The van der Waals surface area contributed by atoms with Gasteiger partial charge >= 0.3 is 0 Å². The van der Waals surface area contributed by atoms with E-state index in [-0.39, 0.29) is 28.1 Å². The molecule has 0 aliphatic heterocycles. The van der Waals surface area contributed by atoms with Gasteiger partial charge in [0.2, 0.25) is 0 Å². The van der Waals surface area contributed by atoms with Crippen molar-refractivity contribution in [2.24, 2.45) is 28.6 Å². The second-order valence-corrected chi connectivity index (χ2v) is 17.3. The van der Waals surface area contributed by atoms with Crippen LogP contribution in [-0.4, -0.2) is 37.3 Å². The maximum atomic E-state index is 11.5. The van der Waals surface area contributed by atoms with Crippen LogP contribution in [0.1, 0.15) is 79.6 Å². The molecular weight excluding hydrogens is 376 g/mol. The van der Waals surface area contributed by atoms with Gasteiger partial charge in [0.05, 0.1) is 12.2 Å². The Labute approximate surface area is 180 Å². The van der Waals surface area contributed by atoms with Gasteiger partial charge in [-0.05, 0) is 91.7 Å². The summed E-state index contributed by atoms with van der Waals surface area (Å²) in [7, 11) is -1.84. The zero-order chi connectivity index (χ0) is 21.8. The summed E-state index contributed by atoms with van der Waals surface area (Å²) in [6.45, 7) is 21.3. The van der Waals surface area contributed by atoms with Crippen molar-refractivity contribution in [3.63, 3.8) is 0 Å². The van der Waals surface area contributed by atoms with E-state index in [1.807, 2.05) is 0 Å². The van der Waals surface area contributed by atoms with Crippen molar-refractivity contribution >= 4 is 8.32 Å². The van der Waals surface area contributed by atoms with Crippen molar-refractivity contribution < 1.29 is 14.6 Å². The van der Waals surface area contributed by atoms with E-state index in [4.69, 9.17) is 4.43 Å². The summed E-state index contributed by atoms with van der Waals surface area (Å²) in [5.74, 6) is 0.959. The van der Waals surface area contributed by atoms with Crippen molar-refractivity contribution in [3.8, 4) is 0 Å². The minimum atomic E-state index is -1.84. The summed E-state index contributed by atoms with van der Waals surface area (Å²) in [6.07, 6.45) is 6.52. The van der Waals surface area contributed by atoms with Crippen LogP contribution in [0.2, 0.25) is 18.1 Å². The van der Waals surface area contributed by atoms with Crippen LogP contribution < -0.4 is 0 Å². The lowest BCUT2D eigenvalue weighted by Crippen LogP contribution is -2.54. The highest BCUT2D eigenvalue weighted by atomic mass is 28.4. The Morgan fingerprint density at radius 3 is 2.34 bits per heavy atom. The number of hydrogen-bond donors (Lipinski definition) is 2. The molecule has 0 unspecified atom stereocenters. The molecule has 0 heterocycles. The molecule has 3 aliphatic rings. The summed E-state index contributed by atoms with van der Waals surface area (Å²) in [5.41, 5.74) is 1.50. The molecule has 7 atom stereocenters. The van der Waals surface area contributed by atoms with Crippen LogP contribution in [0.5, 0.6) is 0 Å². The van der Waals surface area contributed by atoms with Crippen molar-refractivity contribution in [1.82, 2.24) is 0 Å². The first-order chi connectivity index (χ1) is 13.2. The van der Waals surface area contributed by atoms with E-state index in [9.17, 15) is 10.2 Å². The number of rotatable bonds is 4. The lowest BCUT2D eigenvalue weighted by atomic mass is 9.52. The third-order valence-corrected chi connectivity index (χ3v) is 14.5. The van der Waals surface area contributed by atoms with Gasteiger partial charge in [0.1, 0.15) is 0 Å². The molecule has 29 heavy (non-hydrogen) atoms. The smallest absolute Gasteiger partial charge is 0.191 e. The first kappa shape index (κ1) is 23.5. The minimum Gasteiger partial charge on any atom is -0.417 e. The number of hydrogen-bond acceptors (Lipinski definition) is 3. The molecule has 0 spiro atoms. The van der Waals surface area contributed by atoms with Crippen LogP contribution in [0, 0.1) is 28.6 Å². The van der Waals surface area contributed by atoms with Gasteiger partial charge < -0.3 is 14.6 Å². The molecule has 3 nitrogen and oxygen atoms in total. The van der Waals surface area contributed by atoms with Gasteiger partial charge in [-0.1, -0.05) is 46.8 Å².